The normalized spacial score (nSPS) is 9.43. The zero-order valence-corrected chi connectivity index (χ0v) is 7.86. The van der Waals surface area contributed by atoms with Crippen molar-refractivity contribution in [2.24, 2.45) is 0 Å². The van der Waals surface area contributed by atoms with E-state index < -0.39 is 11.9 Å². The standard InChI is InChI=1S/C9H11NO4/c1-2-13-8(11)4-3-7-14-9(12)5-6-10/h3-4H,2,5,7H2,1H3/b4-3-. The molecule has 0 bridgehead atoms. The van der Waals surface area contributed by atoms with Crippen LogP contribution in [0.2, 0.25) is 0 Å². The molecular formula is C9H11NO4. The van der Waals surface area contributed by atoms with Crippen LogP contribution in [0.4, 0.5) is 0 Å². The van der Waals surface area contributed by atoms with Gasteiger partial charge in [-0.25, -0.2) is 4.79 Å². The minimum absolute atomic E-state index is 0.0284. The number of carbonyl (C=O) groups excluding carboxylic acids is 2. The summed E-state index contributed by atoms with van der Waals surface area (Å²) < 4.78 is 9.13. The molecule has 0 unspecified atom stereocenters. The number of hydrogen-bond acceptors (Lipinski definition) is 5. The summed E-state index contributed by atoms with van der Waals surface area (Å²) in [5, 5.41) is 8.11. The Bertz CT molecular complexity index is 264. The molecule has 0 aromatic carbocycles. The van der Waals surface area contributed by atoms with E-state index >= 15 is 0 Å². The van der Waals surface area contributed by atoms with Gasteiger partial charge in [0.05, 0.1) is 12.7 Å². The van der Waals surface area contributed by atoms with Gasteiger partial charge >= 0.3 is 11.9 Å². The molecule has 5 nitrogen and oxygen atoms in total. The van der Waals surface area contributed by atoms with Crippen LogP contribution >= 0.6 is 0 Å². The SMILES string of the molecule is CCOC(=O)/C=C\COC(=O)CC#N. The van der Waals surface area contributed by atoms with Crippen molar-refractivity contribution in [1.82, 2.24) is 0 Å². The summed E-state index contributed by atoms with van der Waals surface area (Å²) in [5.74, 6) is -1.09. The zero-order valence-electron chi connectivity index (χ0n) is 7.86. The number of hydrogen-bond donors (Lipinski definition) is 0. The van der Waals surface area contributed by atoms with Gasteiger partial charge in [0, 0.05) is 6.08 Å². The fourth-order valence-corrected chi connectivity index (χ4v) is 0.591. The first kappa shape index (κ1) is 12.2. The maximum absolute atomic E-state index is 10.7. The van der Waals surface area contributed by atoms with Gasteiger partial charge in [-0.15, -0.1) is 0 Å². The molecule has 0 fully saturated rings. The highest BCUT2D eigenvalue weighted by molar-refractivity contribution is 5.81. The summed E-state index contributed by atoms with van der Waals surface area (Å²) in [6.07, 6.45) is 2.24. The van der Waals surface area contributed by atoms with Crippen LogP contribution in [0, 0.1) is 11.3 Å². The summed E-state index contributed by atoms with van der Waals surface area (Å²) in [5.41, 5.74) is 0. The van der Waals surface area contributed by atoms with Gasteiger partial charge in [0.25, 0.3) is 0 Å². The second kappa shape index (κ2) is 7.80. The lowest BCUT2D eigenvalue weighted by Crippen LogP contribution is -2.04. The molecule has 0 radical (unpaired) electrons. The third kappa shape index (κ3) is 6.85. The van der Waals surface area contributed by atoms with Crippen molar-refractivity contribution in [3.05, 3.63) is 12.2 Å². The van der Waals surface area contributed by atoms with E-state index in [4.69, 9.17) is 5.26 Å². The Morgan fingerprint density at radius 1 is 1.43 bits per heavy atom. The summed E-state index contributed by atoms with van der Waals surface area (Å²) in [4.78, 5) is 21.3. The van der Waals surface area contributed by atoms with Crippen LogP contribution in [0.5, 0.6) is 0 Å². The smallest absolute Gasteiger partial charge is 0.330 e. The second-order valence-electron chi connectivity index (χ2n) is 2.17. The van der Waals surface area contributed by atoms with Crippen molar-refractivity contribution >= 4 is 11.9 Å². The lowest BCUT2D eigenvalue weighted by Gasteiger charge is -1.97. The predicted molar refractivity (Wildman–Crippen MR) is 47.0 cm³/mol. The molecule has 0 rings (SSSR count). The Balaban J connectivity index is 3.58. The molecule has 0 aliphatic carbocycles. The van der Waals surface area contributed by atoms with E-state index in [-0.39, 0.29) is 13.0 Å². The van der Waals surface area contributed by atoms with Gasteiger partial charge in [-0.3, -0.25) is 4.79 Å². The molecule has 0 aliphatic heterocycles. The zero-order chi connectivity index (χ0) is 10.8. The van der Waals surface area contributed by atoms with Crippen molar-refractivity contribution in [3.8, 4) is 6.07 Å². The quantitative estimate of drug-likeness (QED) is 0.475. The molecule has 14 heavy (non-hydrogen) atoms. The van der Waals surface area contributed by atoms with Gasteiger partial charge < -0.3 is 9.47 Å². The summed E-state index contributed by atoms with van der Waals surface area (Å²) in [7, 11) is 0. The van der Waals surface area contributed by atoms with Crippen LogP contribution in [0.25, 0.3) is 0 Å². The van der Waals surface area contributed by atoms with Crippen LogP contribution in [0.3, 0.4) is 0 Å². The number of nitrogens with zero attached hydrogens (tertiary/aromatic N) is 1. The first-order chi connectivity index (χ1) is 6.70. The van der Waals surface area contributed by atoms with E-state index in [0.29, 0.717) is 6.61 Å². The van der Waals surface area contributed by atoms with E-state index in [9.17, 15) is 9.59 Å². The maximum atomic E-state index is 10.7. The second-order valence-corrected chi connectivity index (χ2v) is 2.17. The monoisotopic (exact) mass is 197 g/mol. The highest BCUT2D eigenvalue weighted by Gasteiger charge is 1.98. The minimum atomic E-state index is -0.610. The molecule has 0 aromatic heterocycles. The highest BCUT2D eigenvalue weighted by atomic mass is 16.5. The lowest BCUT2D eigenvalue weighted by atomic mass is 10.5. The number of carbonyl (C=O) groups is 2. The van der Waals surface area contributed by atoms with Crippen LogP contribution < -0.4 is 0 Å². The largest absolute Gasteiger partial charge is 0.463 e. The highest BCUT2D eigenvalue weighted by Crippen LogP contribution is 1.86. The summed E-state index contributed by atoms with van der Waals surface area (Å²) in [6, 6.07) is 1.65. The van der Waals surface area contributed by atoms with Gasteiger partial charge in [0.2, 0.25) is 0 Å². The van der Waals surface area contributed by atoms with Crippen molar-refractivity contribution in [3.63, 3.8) is 0 Å². The maximum Gasteiger partial charge on any atom is 0.330 e. The molecule has 0 heterocycles. The third-order valence-electron chi connectivity index (χ3n) is 1.10. The van der Waals surface area contributed by atoms with Crippen LogP contribution in [0.15, 0.2) is 12.2 Å². The molecule has 0 aromatic rings. The van der Waals surface area contributed by atoms with Gasteiger partial charge in [0.1, 0.15) is 13.0 Å². The average Bonchev–Trinajstić information content (AvgIpc) is 2.13. The summed E-state index contributed by atoms with van der Waals surface area (Å²) in [6.45, 7) is 1.97. The molecule has 0 atom stereocenters. The molecule has 76 valence electrons. The first-order valence-electron chi connectivity index (χ1n) is 4.06. The molecule has 0 N–H and O–H groups in total. The van der Waals surface area contributed by atoms with E-state index in [2.05, 4.69) is 9.47 Å². The van der Waals surface area contributed by atoms with Gasteiger partial charge in [0.15, 0.2) is 0 Å². The molecule has 0 aliphatic rings. The van der Waals surface area contributed by atoms with Crippen LogP contribution in [-0.4, -0.2) is 25.2 Å². The van der Waals surface area contributed by atoms with E-state index in [1.54, 1.807) is 13.0 Å². The molecule has 0 spiro atoms. The first-order valence-corrected chi connectivity index (χ1v) is 4.06. The van der Waals surface area contributed by atoms with Crippen molar-refractivity contribution < 1.29 is 19.1 Å². The summed E-state index contributed by atoms with van der Waals surface area (Å²) >= 11 is 0. The third-order valence-corrected chi connectivity index (χ3v) is 1.10. The van der Waals surface area contributed by atoms with Crippen molar-refractivity contribution in [2.75, 3.05) is 13.2 Å². The Labute approximate surface area is 81.9 Å². The number of ether oxygens (including phenoxy) is 2. The van der Waals surface area contributed by atoms with Crippen LogP contribution in [-0.2, 0) is 19.1 Å². The van der Waals surface area contributed by atoms with Gasteiger partial charge in [-0.1, -0.05) is 0 Å². The number of esters is 2. The Morgan fingerprint density at radius 2 is 2.14 bits per heavy atom. The molecule has 5 heteroatoms. The number of rotatable bonds is 5. The molecular weight excluding hydrogens is 186 g/mol. The lowest BCUT2D eigenvalue weighted by molar-refractivity contribution is -0.141. The Morgan fingerprint density at radius 3 is 2.71 bits per heavy atom. The predicted octanol–water partition coefficient (Wildman–Crippen LogP) is 0.563. The van der Waals surface area contributed by atoms with E-state index in [0.717, 1.165) is 0 Å². The van der Waals surface area contributed by atoms with Crippen LogP contribution in [0.1, 0.15) is 13.3 Å². The Kier molecular flexibility index (Phi) is 6.78. The average molecular weight is 197 g/mol. The molecule has 0 saturated carbocycles. The molecule has 0 saturated heterocycles. The molecule has 0 amide bonds. The van der Waals surface area contributed by atoms with Crippen molar-refractivity contribution in [2.45, 2.75) is 13.3 Å². The topological polar surface area (TPSA) is 76.4 Å². The Hall–Kier alpha value is -1.83. The van der Waals surface area contributed by atoms with Gasteiger partial charge in [-0.05, 0) is 13.0 Å². The van der Waals surface area contributed by atoms with Gasteiger partial charge in [-0.2, -0.15) is 5.26 Å². The van der Waals surface area contributed by atoms with E-state index in [1.807, 2.05) is 0 Å². The fraction of sp³-hybridized carbons (Fsp3) is 0.444. The fourth-order valence-electron chi connectivity index (χ4n) is 0.591. The number of nitriles is 1. The van der Waals surface area contributed by atoms with E-state index in [1.165, 1.54) is 12.2 Å². The minimum Gasteiger partial charge on any atom is -0.463 e. The van der Waals surface area contributed by atoms with Crippen molar-refractivity contribution in [1.29, 1.82) is 5.26 Å².